The average molecular weight is 227 g/mol. The number of nitriles is 1. The molecule has 1 saturated heterocycles. The molecule has 1 aliphatic heterocycles. The maximum atomic E-state index is 8.85. The Morgan fingerprint density at radius 2 is 2.41 bits per heavy atom. The fourth-order valence-corrected chi connectivity index (χ4v) is 2.30. The molecular weight excluding hydrogens is 214 g/mol. The van der Waals surface area contributed by atoms with Crippen molar-refractivity contribution in [2.75, 3.05) is 6.61 Å². The maximum absolute atomic E-state index is 8.85. The number of aromatic amines is 1. The largest absolute Gasteiger partial charge is 0.378 e. The Morgan fingerprint density at radius 3 is 3.12 bits per heavy atom. The van der Waals surface area contributed by atoms with E-state index in [9.17, 15) is 0 Å². The summed E-state index contributed by atoms with van der Waals surface area (Å²) in [5.41, 5.74) is 2.50. The molecule has 1 fully saturated rings. The van der Waals surface area contributed by atoms with Crippen LogP contribution in [0.5, 0.6) is 0 Å². The Hall–Kier alpha value is -1.86. The van der Waals surface area contributed by atoms with Gasteiger partial charge in [0, 0.05) is 5.92 Å². The van der Waals surface area contributed by atoms with Crippen LogP contribution in [-0.4, -0.2) is 22.7 Å². The number of hydrogen-bond donors (Lipinski definition) is 1. The molecule has 17 heavy (non-hydrogen) atoms. The Morgan fingerprint density at radius 1 is 1.53 bits per heavy atom. The van der Waals surface area contributed by atoms with Gasteiger partial charge in [0.25, 0.3) is 0 Å². The van der Waals surface area contributed by atoms with Crippen LogP contribution in [0.2, 0.25) is 0 Å². The van der Waals surface area contributed by atoms with Crippen molar-refractivity contribution in [2.45, 2.75) is 25.4 Å². The average Bonchev–Trinajstić information content (AvgIpc) is 2.93. The number of rotatable bonds is 1. The first-order valence-electron chi connectivity index (χ1n) is 5.77. The van der Waals surface area contributed by atoms with Gasteiger partial charge in [-0.2, -0.15) is 5.26 Å². The van der Waals surface area contributed by atoms with Crippen LogP contribution < -0.4 is 0 Å². The van der Waals surface area contributed by atoms with Gasteiger partial charge in [0.2, 0.25) is 0 Å². The number of imidazole rings is 1. The first kappa shape index (κ1) is 10.3. The van der Waals surface area contributed by atoms with Crippen LogP contribution in [0, 0.1) is 11.3 Å². The third-order valence-corrected chi connectivity index (χ3v) is 3.21. The van der Waals surface area contributed by atoms with Gasteiger partial charge < -0.3 is 9.72 Å². The number of aromatic nitrogens is 2. The standard InChI is InChI=1S/C13H13N3O/c1-8-4-10(7-17-8)13-15-11-3-2-9(6-14)5-12(11)16-13/h2-3,5,8,10H,4,7H2,1H3,(H,15,16). The van der Waals surface area contributed by atoms with Crippen molar-refractivity contribution in [3.05, 3.63) is 29.6 Å². The minimum Gasteiger partial charge on any atom is -0.378 e. The molecule has 0 saturated carbocycles. The predicted octanol–water partition coefficient (Wildman–Crippen LogP) is 2.33. The number of benzene rings is 1. The molecule has 1 N–H and O–H groups in total. The monoisotopic (exact) mass is 227 g/mol. The summed E-state index contributed by atoms with van der Waals surface area (Å²) in [5.74, 6) is 1.32. The normalized spacial score (nSPS) is 24.0. The van der Waals surface area contributed by atoms with Gasteiger partial charge in [-0.3, -0.25) is 0 Å². The van der Waals surface area contributed by atoms with E-state index < -0.39 is 0 Å². The van der Waals surface area contributed by atoms with E-state index in [4.69, 9.17) is 10.00 Å². The Kier molecular flexibility index (Phi) is 2.34. The maximum Gasteiger partial charge on any atom is 0.112 e. The summed E-state index contributed by atoms with van der Waals surface area (Å²) in [6.45, 7) is 2.81. The second-order valence-corrected chi connectivity index (χ2v) is 4.54. The topological polar surface area (TPSA) is 61.7 Å². The highest BCUT2D eigenvalue weighted by atomic mass is 16.5. The smallest absolute Gasteiger partial charge is 0.112 e. The summed E-state index contributed by atoms with van der Waals surface area (Å²) >= 11 is 0. The molecule has 1 aromatic heterocycles. The van der Waals surface area contributed by atoms with E-state index in [1.165, 1.54) is 0 Å². The highest BCUT2D eigenvalue weighted by Crippen LogP contribution is 2.28. The van der Waals surface area contributed by atoms with Crippen molar-refractivity contribution in [1.82, 2.24) is 9.97 Å². The molecule has 1 aliphatic rings. The van der Waals surface area contributed by atoms with Crippen LogP contribution in [0.3, 0.4) is 0 Å². The van der Waals surface area contributed by atoms with E-state index in [2.05, 4.69) is 23.0 Å². The molecule has 4 nitrogen and oxygen atoms in total. The van der Waals surface area contributed by atoms with Gasteiger partial charge in [-0.05, 0) is 31.5 Å². The molecule has 2 aromatic rings. The molecule has 0 spiro atoms. The van der Waals surface area contributed by atoms with Crippen molar-refractivity contribution in [3.63, 3.8) is 0 Å². The van der Waals surface area contributed by atoms with Gasteiger partial charge in [0.1, 0.15) is 5.82 Å². The zero-order chi connectivity index (χ0) is 11.8. The SMILES string of the molecule is CC1CC(c2nc3ccc(C#N)cc3[nH]2)CO1. The third-order valence-electron chi connectivity index (χ3n) is 3.21. The van der Waals surface area contributed by atoms with Crippen molar-refractivity contribution in [1.29, 1.82) is 5.26 Å². The summed E-state index contributed by atoms with van der Waals surface area (Å²) < 4.78 is 5.55. The van der Waals surface area contributed by atoms with E-state index in [0.717, 1.165) is 29.9 Å². The quantitative estimate of drug-likeness (QED) is 0.813. The minimum atomic E-state index is 0.308. The molecule has 3 rings (SSSR count). The molecule has 0 aliphatic carbocycles. The van der Waals surface area contributed by atoms with Gasteiger partial charge in [-0.1, -0.05) is 0 Å². The van der Waals surface area contributed by atoms with Gasteiger partial charge in [0.15, 0.2) is 0 Å². The van der Waals surface area contributed by atoms with Crippen LogP contribution >= 0.6 is 0 Å². The minimum absolute atomic E-state index is 0.308. The summed E-state index contributed by atoms with van der Waals surface area (Å²) in [6, 6.07) is 7.65. The lowest BCUT2D eigenvalue weighted by molar-refractivity contribution is 0.123. The summed E-state index contributed by atoms with van der Waals surface area (Å²) in [5, 5.41) is 8.85. The predicted molar refractivity (Wildman–Crippen MR) is 63.6 cm³/mol. The van der Waals surface area contributed by atoms with Gasteiger partial charge in [-0.15, -0.1) is 0 Å². The number of ether oxygens (including phenoxy) is 1. The first-order chi connectivity index (χ1) is 8.26. The molecule has 0 bridgehead atoms. The van der Waals surface area contributed by atoms with Crippen molar-refractivity contribution in [3.8, 4) is 6.07 Å². The van der Waals surface area contributed by atoms with Gasteiger partial charge in [0.05, 0.1) is 35.4 Å². The summed E-state index contributed by atoms with van der Waals surface area (Å²) in [6.07, 6.45) is 1.31. The molecule has 2 atom stereocenters. The number of fused-ring (bicyclic) bond motifs is 1. The number of H-pyrrole nitrogens is 1. The zero-order valence-corrected chi connectivity index (χ0v) is 9.60. The highest BCUT2D eigenvalue weighted by molar-refractivity contribution is 5.76. The first-order valence-corrected chi connectivity index (χ1v) is 5.77. The van der Waals surface area contributed by atoms with E-state index in [1.54, 1.807) is 6.07 Å². The second-order valence-electron chi connectivity index (χ2n) is 4.54. The number of nitrogens with one attached hydrogen (secondary N) is 1. The highest BCUT2D eigenvalue weighted by Gasteiger charge is 2.25. The van der Waals surface area contributed by atoms with E-state index in [0.29, 0.717) is 17.6 Å². The Bertz CT molecular complexity index is 596. The van der Waals surface area contributed by atoms with Crippen LogP contribution in [-0.2, 0) is 4.74 Å². The lowest BCUT2D eigenvalue weighted by atomic mass is 10.1. The molecule has 4 heteroatoms. The van der Waals surface area contributed by atoms with Crippen LogP contribution in [0.15, 0.2) is 18.2 Å². The van der Waals surface area contributed by atoms with Crippen molar-refractivity contribution >= 4 is 11.0 Å². The van der Waals surface area contributed by atoms with Crippen molar-refractivity contribution < 1.29 is 4.74 Å². The molecule has 1 aromatic carbocycles. The number of nitrogens with zero attached hydrogens (tertiary/aromatic N) is 2. The van der Waals surface area contributed by atoms with Crippen LogP contribution in [0.25, 0.3) is 11.0 Å². The summed E-state index contributed by atoms with van der Waals surface area (Å²) in [4.78, 5) is 7.85. The molecule has 2 unspecified atom stereocenters. The third kappa shape index (κ3) is 1.79. The Balaban J connectivity index is 1.99. The zero-order valence-electron chi connectivity index (χ0n) is 9.60. The van der Waals surface area contributed by atoms with Crippen LogP contribution in [0.4, 0.5) is 0 Å². The van der Waals surface area contributed by atoms with E-state index in [-0.39, 0.29) is 0 Å². The van der Waals surface area contributed by atoms with Gasteiger partial charge in [-0.25, -0.2) is 4.98 Å². The Labute approximate surface area is 99.2 Å². The van der Waals surface area contributed by atoms with E-state index >= 15 is 0 Å². The molecule has 0 amide bonds. The second kappa shape index (κ2) is 3.86. The van der Waals surface area contributed by atoms with Crippen molar-refractivity contribution in [2.24, 2.45) is 0 Å². The molecule has 0 radical (unpaired) electrons. The fraction of sp³-hybridized carbons (Fsp3) is 0.385. The lowest BCUT2D eigenvalue weighted by Gasteiger charge is -2.01. The van der Waals surface area contributed by atoms with E-state index in [1.807, 2.05) is 12.1 Å². The summed E-state index contributed by atoms with van der Waals surface area (Å²) in [7, 11) is 0. The molecule has 2 heterocycles. The lowest BCUT2D eigenvalue weighted by Crippen LogP contribution is -1.99. The molecular formula is C13H13N3O. The van der Waals surface area contributed by atoms with Gasteiger partial charge >= 0.3 is 0 Å². The number of hydrogen-bond acceptors (Lipinski definition) is 3. The van der Waals surface area contributed by atoms with Crippen LogP contribution in [0.1, 0.15) is 30.7 Å². The fourth-order valence-electron chi connectivity index (χ4n) is 2.30. The molecule has 86 valence electrons.